The molecule has 5 nitrogen and oxygen atoms in total. The van der Waals surface area contributed by atoms with Gasteiger partial charge >= 0.3 is 6.09 Å². The highest BCUT2D eigenvalue weighted by Crippen LogP contribution is 2.08. The number of fused-ring (bicyclic) bond motifs is 1. The summed E-state index contributed by atoms with van der Waals surface area (Å²) < 4.78 is 8.01. The molecule has 0 saturated heterocycles. The van der Waals surface area contributed by atoms with E-state index in [0.717, 1.165) is 11.0 Å². The Morgan fingerprint density at radius 1 is 1.44 bits per heavy atom. The molecule has 0 aliphatic carbocycles. The van der Waals surface area contributed by atoms with Gasteiger partial charge in [0, 0.05) is 0 Å². The lowest BCUT2D eigenvalue weighted by molar-refractivity contribution is -0.728. The van der Waals surface area contributed by atoms with E-state index in [1.165, 1.54) is 4.68 Å². The number of rotatable bonds is 2. The van der Waals surface area contributed by atoms with Crippen molar-refractivity contribution in [1.29, 1.82) is 0 Å². The third kappa shape index (κ3) is 1.64. The summed E-state index contributed by atoms with van der Waals surface area (Å²) in [5.74, 6) is 0. The van der Waals surface area contributed by atoms with Gasteiger partial charge in [-0.1, -0.05) is 12.1 Å². The van der Waals surface area contributed by atoms with Crippen molar-refractivity contribution in [1.82, 2.24) is 9.90 Å². The molecule has 0 unspecified atom stereocenters. The Balaban J connectivity index is 2.57. The van der Waals surface area contributed by atoms with Crippen LogP contribution < -0.4 is 4.68 Å². The van der Waals surface area contributed by atoms with Crippen LogP contribution in [-0.2, 0) is 11.3 Å². The number of ether oxygens (including phenoxy) is 1. The summed E-state index contributed by atoms with van der Waals surface area (Å²) in [5, 5.41) is 4.19. The number of benzene rings is 1. The molecule has 0 N–H and O–H groups in total. The SMILES string of the molecule is CCOC(=O)n1n[n+](CC)c2ccccc21. The molecule has 1 heterocycles. The van der Waals surface area contributed by atoms with Crippen LogP contribution in [0.3, 0.4) is 0 Å². The fourth-order valence-electron chi connectivity index (χ4n) is 1.62. The van der Waals surface area contributed by atoms with Crippen molar-refractivity contribution >= 4 is 17.1 Å². The second-order valence-corrected chi connectivity index (χ2v) is 3.30. The van der Waals surface area contributed by atoms with Gasteiger partial charge in [-0.25, -0.2) is 0 Å². The fourth-order valence-corrected chi connectivity index (χ4v) is 1.62. The third-order valence-electron chi connectivity index (χ3n) is 2.33. The number of carbonyl (C=O) groups is 1. The monoisotopic (exact) mass is 220 g/mol. The zero-order valence-electron chi connectivity index (χ0n) is 9.38. The Hall–Kier alpha value is -1.91. The molecule has 0 aliphatic heterocycles. The van der Waals surface area contributed by atoms with Crippen molar-refractivity contribution in [3.05, 3.63) is 24.3 Å². The molecular weight excluding hydrogens is 206 g/mol. The van der Waals surface area contributed by atoms with Crippen LogP contribution in [0.2, 0.25) is 0 Å². The predicted molar refractivity (Wildman–Crippen MR) is 58.0 cm³/mol. The van der Waals surface area contributed by atoms with Gasteiger partial charge in [0.25, 0.3) is 0 Å². The van der Waals surface area contributed by atoms with Crippen LogP contribution in [0.5, 0.6) is 0 Å². The summed E-state index contributed by atoms with van der Waals surface area (Å²) in [5.41, 5.74) is 1.70. The molecule has 5 heteroatoms. The first-order valence-corrected chi connectivity index (χ1v) is 5.33. The summed E-state index contributed by atoms with van der Waals surface area (Å²) in [6, 6.07) is 7.58. The van der Waals surface area contributed by atoms with Crippen LogP contribution in [0.25, 0.3) is 11.0 Å². The average molecular weight is 220 g/mol. The summed E-state index contributed by atoms with van der Waals surface area (Å²) in [7, 11) is 0. The van der Waals surface area contributed by atoms with Crippen LogP contribution in [0.15, 0.2) is 24.3 Å². The minimum absolute atomic E-state index is 0.346. The fraction of sp³-hybridized carbons (Fsp3) is 0.364. The minimum atomic E-state index is -0.439. The maximum atomic E-state index is 11.7. The van der Waals surface area contributed by atoms with Gasteiger partial charge in [0.1, 0.15) is 11.8 Å². The molecule has 84 valence electrons. The van der Waals surface area contributed by atoms with Crippen molar-refractivity contribution in [2.24, 2.45) is 0 Å². The van der Waals surface area contributed by atoms with Gasteiger partial charge in [0.05, 0.1) is 6.61 Å². The second-order valence-electron chi connectivity index (χ2n) is 3.30. The smallest absolute Gasteiger partial charge is 0.430 e. The molecule has 0 atom stereocenters. The summed E-state index contributed by atoms with van der Waals surface area (Å²) in [6.07, 6.45) is -0.439. The van der Waals surface area contributed by atoms with Crippen LogP contribution in [0, 0.1) is 0 Å². The van der Waals surface area contributed by atoms with Crippen molar-refractivity contribution in [2.45, 2.75) is 20.4 Å². The molecule has 2 rings (SSSR count). The Morgan fingerprint density at radius 2 is 2.19 bits per heavy atom. The van der Waals surface area contributed by atoms with Gasteiger partial charge in [-0.2, -0.15) is 4.79 Å². The number of nitrogens with zero attached hydrogens (tertiary/aromatic N) is 3. The first kappa shape index (κ1) is 10.6. The van der Waals surface area contributed by atoms with E-state index in [4.69, 9.17) is 4.74 Å². The largest absolute Gasteiger partial charge is 0.533 e. The highest BCUT2D eigenvalue weighted by atomic mass is 16.6. The van der Waals surface area contributed by atoms with E-state index in [9.17, 15) is 4.79 Å². The van der Waals surface area contributed by atoms with Crippen molar-refractivity contribution in [2.75, 3.05) is 6.61 Å². The van der Waals surface area contributed by atoms with Crippen LogP contribution in [0.1, 0.15) is 13.8 Å². The minimum Gasteiger partial charge on any atom is -0.430 e. The second kappa shape index (κ2) is 4.30. The molecule has 0 bridgehead atoms. The molecule has 1 aromatic heterocycles. The topological polar surface area (TPSA) is 48.0 Å². The maximum Gasteiger partial charge on any atom is 0.533 e. The van der Waals surface area contributed by atoms with Crippen molar-refractivity contribution in [3.63, 3.8) is 0 Å². The molecule has 16 heavy (non-hydrogen) atoms. The lowest BCUT2D eigenvalue weighted by atomic mass is 10.3. The Bertz CT molecular complexity index is 519. The number of aromatic nitrogens is 3. The molecule has 0 fully saturated rings. The van der Waals surface area contributed by atoms with Gasteiger partial charge in [0.15, 0.2) is 5.52 Å². The Labute approximate surface area is 93.2 Å². The normalized spacial score (nSPS) is 10.6. The zero-order valence-corrected chi connectivity index (χ0v) is 9.38. The number of aryl methyl sites for hydroxylation is 1. The van der Waals surface area contributed by atoms with Crippen LogP contribution in [-0.4, -0.2) is 22.6 Å². The number of carbonyl (C=O) groups excluding carboxylic acids is 1. The highest BCUT2D eigenvalue weighted by Gasteiger charge is 2.23. The van der Waals surface area contributed by atoms with Crippen molar-refractivity contribution in [3.8, 4) is 0 Å². The lowest BCUT2D eigenvalue weighted by Crippen LogP contribution is -2.36. The van der Waals surface area contributed by atoms with E-state index in [2.05, 4.69) is 5.21 Å². The summed E-state index contributed by atoms with van der Waals surface area (Å²) >= 11 is 0. The van der Waals surface area contributed by atoms with E-state index < -0.39 is 6.09 Å². The Morgan fingerprint density at radius 3 is 2.88 bits per heavy atom. The molecule has 1 aromatic carbocycles. The van der Waals surface area contributed by atoms with Gasteiger partial charge in [-0.05, 0) is 30.7 Å². The van der Waals surface area contributed by atoms with E-state index in [0.29, 0.717) is 13.2 Å². The van der Waals surface area contributed by atoms with E-state index >= 15 is 0 Å². The zero-order chi connectivity index (χ0) is 11.5. The predicted octanol–water partition coefficient (Wildman–Crippen LogP) is 1.35. The molecule has 0 radical (unpaired) electrons. The Kier molecular flexibility index (Phi) is 2.85. The van der Waals surface area contributed by atoms with E-state index in [1.54, 1.807) is 11.6 Å². The third-order valence-corrected chi connectivity index (χ3v) is 2.33. The van der Waals surface area contributed by atoms with Crippen LogP contribution in [0.4, 0.5) is 4.79 Å². The van der Waals surface area contributed by atoms with E-state index in [-0.39, 0.29) is 0 Å². The van der Waals surface area contributed by atoms with Crippen molar-refractivity contribution < 1.29 is 14.2 Å². The number of para-hydroxylation sites is 2. The lowest BCUT2D eigenvalue weighted by Gasteiger charge is -1.93. The molecule has 0 aliphatic rings. The van der Waals surface area contributed by atoms with Crippen LogP contribution >= 0.6 is 0 Å². The quantitative estimate of drug-likeness (QED) is 0.718. The number of hydrogen-bond acceptors (Lipinski definition) is 3. The van der Waals surface area contributed by atoms with Gasteiger partial charge < -0.3 is 4.74 Å². The van der Waals surface area contributed by atoms with E-state index in [1.807, 2.05) is 31.2 Å². The average Bonchev–Trinajstić information content (AvgIpc) is 2.68. The molecule has 0 spiro atoms. The van der Waals surface area contributed by atoms with Gasteiger partial charge in [-0.15, -0.1) is 4.68 Å². The maximum absolute atomic E-state index is 11.7. The first-order valence-electron chi connectivity index (χ1n) is 5.33. The standard InChI is InChI=1S/C11H14N3O2/c1-3-13-9-7-5-6-8-10(9)14(12-13)11(15)16-4-2/h5-8H,3-4H2,1-2H3/q+1. The molecule has 0 amide bonds. The summed E-state index contributed by atoms with van der Waals surface area (Å²) in [6.45, 7) is 4.82. The molecule has 0 saturated carbocycles. The number of hydrogen-bond donors (Lipinski definition) is 0. The summed E-state index contributed by atoms with van der Waals surface area (Å²) in [4.78, 5) is 11.7. The van der Waals surface area contributed by atoms with Gasteiger partial charge in [-0.3, -0.25) is 0 Å². The molecular formula is C11H14N3O2+. The first-order chi connectivity index (χ1) is 7.77. The molecule has 2 aromatic rings. The highest BCUT2D eigenvalue weighted by molar-refractivity contribution is 5.83. The van der Waals surface area contributed by atoms with Gasteiger partial charge in [0.2, 0.25) is 5.52 Å².